The van der Waals surface area contributed by atoms with Crippen LogP contribution in [0.25, 0.3) is 0 Å². The lowest BCUT2D eigenvalue weighted by atomic mass is 10.5. The van der Waals surface area contributed by atoms with Gasteiger partial charge < -0.3 is 11.1 Å². The summed E-state index contributed by atoms with van der Waals surface area (Å²) in [5.41, 5.74) is 6.51. The first-order valence-corrected chi connectivity index (χ1v) is 8.87. The molecule has 3 N–H and O–H groups in total. The molecule has 104 valence electrons. The summed E-state index contributed by atoms with van der Waals surface area (Å²) < 4.78 is 27.8. The summed E-state index contributed by atoms with van der Waals surface area (Å²) in [7, 11) is -3.37. The maximum absolute atomic E-state index is 12.0. The predicted octanol–water partition coefficient (Wildman–Crippen LogP) is 1.90. The van der Waals surface area contributed by atoms with Crippen LogP contribution < -0.4 is 11.1 Å². The number of thiazole rings is 1. The minimum absolute atomic E-state index is 0.000102. The largest absolute Gasteiger partial charge is 0.382 e. The smallest absolute Gasteiger partial charge is 0.184 e. The van der Waals surface area contributed by atoms with Gasteiger partial charge in [-0.2, -0.15) is 4.37 Å². The molecule has 0 atom stereocenters. The van der Waals surface area contributed by atoms with Crippen LogP contribution in [-0.2, 0) is 16.4 Å². The molecule has 19 heavy (non-hydrogen) atoms. The number of aromatic nitrogens is 2. The van der Waals surface area contributed by atoms with Crippen LogP contribution in [0.4, 0.5) is 10.8 Å². The average Bonchev–Trinajstić information content (AvgIpc) is 2.93. The van der Waals surface area contributed by atoms with Crippen LogP contribution in [0.15, 0.2) is 10.3 Å². The van der Waals surface area contributed by atoms with Gasteiger partial charge in [-0.05, 0) is 18.5 Å². The lowest BCUT2D eigenvalue weighted by molar-refractivity contribution is 0.598. The fourth-order valence-electron chi connectivity index (χ4n) is 1.51. The van der Waals surface area contributed by atoms with E-state index in [1.54, 1.807) is 18.3 Å². The molecule has 2 rings (SSSR count). The van der Waals surface area contributed by atoms with Crippen LogP contribution in [0.1, 0.15) is 17.6 Å². The quantitative estimate of drug-likeness (QED) is 0.873. The number of aryl methyl sites for hydroxylation is 1. The number of hydrogen-bond donors (Lipinski definition) is 2. The maximum atomic E-state index is 12.0. The maximum Gasteiger partial charge on any atom is 0.184 e. The van der Waals surface area contributed by atoms with E-state index in [2.05, 4.69) is 14.7 Å². The normalized spacial score (nSPS) is 11.7. The van der Waals surface area contributed by atoms with Crippen molar-refractivity contribution in [1.29, 1.82) is 0 Å². The number of anilines is 2. The van der Waals surface area contributed by atoms with Gasteiger partial charge in [0.05, 0.1) is 23.0 Å². The van der Waals surface area contributed by atoms with Crippen LogP contribution in [0.5, 0.6) is 0 Å². The minimum Gasteiger partial charge on any atom is -0.382 e. The summed E-state index contributed by atoms with van der Waals surface area (Å²) >= 11 is 2.61. The van der Waals surface area contributed by atoms with E-state index in [1.807, 2.05) is 12.3 Å². The Bertz CT molecular complexity index is 675. The first-order valence-electron chi connectivity index (χ1n) is 5.57. The second-order valence-corrected chi connectivity index (χ2v) is 7.89. The van der Waals surface area contributed by atoms with E-state index in [0.29, 0.717) is 11.5 Å². The van der Waals surface area contributed by atoms with Crippen molar-refractivity contribution in [2.45, 2.75) is 25.3 Å². The van der Waals surface area contributed by atoms with Crippen molar-refractivity contribution < 1.29 is 8.42 Å². The third-order valence-electron chi connectivity index (χ3n) is 2.46. The molecule has 0 amide bonds. The molecule has 0 bridgehead atoms. The number of hydrogen-bond acceptors (Lipinski definition) is 8. The zero-order valence-corrected chi connectivity index (χ0v) is 13.0. The fourth-order valence-corrected chi connectivity index (χ4v) is 4.29. The Labute approximate surface area is 119 Å². The van der Waals surface area contributed by atoms with Crippen LogP contribution in [0.2, 0.25) is 0 Å². The Hall–Kier alpha value is -1.19. The van der Waals surface area contributed by atoms with Crippen molar-refractivity contribution in [3.63, 3.8) is 0 Å². The lowest BCUT2D eigenvalue weighted by Gasteiger charge is -2.05. The molecule has 0 unspecified atom stereocenters. The Balaban J connectivity index is 2.22. The molecular formula is C10H14N4O2S3. The van der Waals surface area contributed by atoms with Crippen LogP contribution in [0.3, 0.4) is 0 Å². The number of nitrogens with one attached hydrogen (secondary N) is 1. The van der Waals surface area contributed by atoms with E-state index < -0.39 is 9.84 Å². The highest BCUT2D eigenvalue weighted by Crippen LogP contribution is 2.32. The lowest BCUT2D eigenvalue weighted by Crippen LogP contribution is -2.09. The second-order valence-electron chi connectivity index (χ2n) is 3.84. The predicted molar refractivity (Wildman–Crippen MR) is 78.4 cm³/mol. The van der Waals surface area contributed by atoms with Gasteiger partial charge in [0, 0.05) is 5.38 Å². The Kier molecular flexibility index (Phi) is 4.07. The average molecular weight is 318 g/mol. The topological polar surface area (TPSA) is 98.0 Å². The zero-order valence-electron chi connectivity index (χ0n) is 10.5. The van der Waals surface area contributed by atoms with E-state index in [-0.39, 0.29) is 16.5 Å². The van der Waals surface area contributed by atoms with Crippen molar-refractivity contribution in [2.75, 3.05) is 16.8 Å². The van der Waals surface area contributed by atoms with E-state index in [1.165, 1.54) is 0 Å². The molecule has 0 saturated heterocycles. The molecule has 0 aromatic carbocycles. The van der Waals surface area contributed by atoms with Crippen molar-refractivity contribution in [3.8, 4) is 0 Å². The van der Waals surface area contributed by atoms with Gasteiger partial charge in [-0.15, -0.1) is 11.3 Å². The minimum atomic E-state index is -3.37. The second kappa shape index (κ2) is 5.43. The number of rotatable bonds is 5. The molecule has 6 nitrogen and oxygen atoms in total. The van der Waals surface area contributed by atoms with Gasteiger partial charge in [0.15, 0.2) is 15.7 Å². The van der Waals surface area contributed by atoms with E-state index in [0.717, 1.165) is 22.2 Å². The first kappa shape index (κ1) is 14.2. The van der Waals surface area contributed by atoms with E-state index >= 15 is 0 Å². The monoisotopic (exact) mass is 318 g/mol. The molecule has 0 saturated carbocycles. The third kappa shape index (κ3) is 3.04. The Morgan fingerprint density at radius 3 is 2.79 bits per heavy atom. The number of nitrogens with two attached hydrogens (primary N) is 1. The number of nitrogens with zero attached hydrogens (tertiary/aromatic N) is 2. The molecule has 0 radical (unpaired) electrons. The molecule has 2 aromatic rings. The van der Waals surface area contributed by atoms with Crippen molar-refractivity contribution in [3.05, 3.63) is 16.1 Å². The molecule has 0 aliphatic heterocycles. The van der Waals surface area contributed by atoms with Gasteiger partial charge in [-0.25, -0.2) is 13.4 Å². The molecule has 2 heterocycles. The van der Waals surface area contributed by atoms with Crippen molar-refractivity contribution in [2.24, 2.45) is 0 Å². The van der Waals surface area contributed by atoms with Gasteiger partial charge in [0.2, 0.25) is 0 Å². The Morgan fingerprint density at radius 1 is 1.47 bits per heavy atom. The summed E-state index contributed by atoms with van der Waals surface area (Å²) in [6, 6.07) is 0. The van der Waals surface area contributed by atoms with Crippen LogP contribution >= 0.6 is 22.9 Å². The summed E-state index contributed by atoms with van der Waals surface area (Å²) in [5, 5.41) is 6.43. The molecule has 0 aliphatic carbocycles. The molecule has 0 fully saturated rings. The Morgan fingerprint density at radius 2 is 2.21 bits per heavy atom. The van der Waals surface area contributed by atoms with Gasteiger partial charge in [-0.1, -0.05) is 6.92 Å². The zero-order chi connectivity index (χ0) is 14.0. The molecule has 2 aromatic heterocycles. The number of nitrogen functional groups attached to an aromatic ring is 1. The highest BCUT2D eigenvalue weighted by molar-refractivity contribution is 7.91. The van der Waals surface area contributed by atoms with E-state index in [9.17, 15) is 8.42 Å². The third-order valence-corrected chi connectivity index (χ3v) is 6.03. The fraction of sp³-hybridized carbons (Fsp3) is 0.400. The van der Waals surface area contributed by atoms with Gasteiger partial charge >= 0.3 is 0 Å². The van der Waals surface area contributed by atoms with Gasteiger partial charge in [0.1, 0.15) is 9.90 Å². The number of sulfone groups is 1. The van der Waals surface area contributed by atoms with Crippen molar-refractivity contribution >= 4 is 43.5 Å². The van der Waals surface area contributed by atoms with E-state index in [4.69, 9.17) is 5.73 Å². The first-order chi connectivity index (χ1) is 8.94. The molecule has 0 spiro atoms. The summed E-state index contributed by atoms with van der Waals surface area (Å²) in [5.74, 6) is 0.0592. The highest BCUT2D eigenvalue weighted by Gasteiger charge is 2.23. The van der Waals surface area contributed by atoms with Gasteiger partial charge in [0.25, 0.3) is 0 Å². The van der Waals surface area contributed by atoms with Gasteiger partial charge in [-0.3, -0.25) is 0 Å². The molecule has 0 aliphatic rings. The summed E-state index contributed by atoms with van der Waals surface area (Å²) in [6.07, 6.45) is 0. The standard InChI is InChI=1S/C10H14N4O2S3/c1-3-19(15,16)8-9(11)14-18-10(8)12-4-7-5-17-6(2)13-7/h5,12H,3-4H2,1-2H3,(H2,11,14). The van der Waals surface area contributed by atoms with Crippen LogP contribution in [-0.4, -0.2) is 23.5 Å². The summed E-state index contributed by atoms with van der Waals surface area (Å²) in [4.78, 5) is 4.41. The molecular weight excluding hydrogens is 304 g/mol. The van der Waals surface area contributed by atoms with Crippen molar-refractivity contribution in [1.82, 2.24) is 9.36 Å². The summed E-state index contributed by atoms with van der Waals surface area (Å²) in [6.45, 7) is 3.96. The highest BCUT2D eigenvalue weighted by atomic mass is 32.2. The SMILES string of the molecule is CCS(=O)(=O)c1c(N)nsc1NCc1csc(C)n1. The molecule has 9 heteroatoms. The van der Waals surface area contributed by atoms with Crippen LogP contribution in [0, 0.1) is 6.92 Å².